The zero-order valence-electron chi connectivity index (χ0n) is 15.2. The highest BCUT2D eigenvalue weighted by atomic mass is 16.5. The first kappa shape index (κ1) is 17.5. The molecule has 0 fully saturated rings. The predicted octanol–water partition coefficient (Wildman–Crippen LogP) is 4.00. The van der Waals surface area contributed by atoms with Crippen LogP contribution in [0.25, 0.3) is 10.9 Å². The molecule has 0 aliphatic carbocycles. The summed E-state index contributed by atoms with van der Waals surface area (Å²) in [5.41, 5.74) is 4.69. The van der Waals surface area contributed by atoms with Gasteiger partial charge in [0.2, 0.25) is 5.91 Å². The summed E-state index contributed by atoms with van der Waals surface area (Å²) in [6.07, 6.45) is 0. The van der Waals surface area contributed by atoms with E-state index in [1.54, 1.807) is 18.2 Å². The fourth-order valence-corrected chi connectivity index (χ4v) is 3.00. The Balaban J connectivity index is 1.92. The molecule has 134 valence electrons. The van der Waals surface area contributed by atoms with Crippen LogP contribution in [0, 0.1) is 13.8 Å². The normalized spacial score (nSPS) is 10.6. The molecule has 3 rings (SSSR count). The molecule has 6 nitrogen and oxygen atoms in total. The van der Waals surface area contributed by atoms with Gasteiger partial charge in [-0.1, -0.05) is 6.07 Å². The molecule has 26 heavy (non-hydrogen) atoms. The number of hydrogen-bond donors (Lipinski definition) is 3. The van der Waals surface area contributed by atoms with E-state index in [0.717, 1.165) is 22.0 Å². The number of fused-ring (bicyclic) bond motifs is 1. The van der Waals surface area contributed by atoms with E-state index >= 15 is 0 Å². The number of aryl methyl sites for hydroxylation is 2. The topological polar surface area (TPSA) is 83.2 Å². The van der Waals surface area contributed by atoms with Gasteiger partial charge in [-0.15, -0.1) is 0 Å². The van der Waals surface area contributed by atoms with Crippen LogP contribution in [0.2, 0.25) is 0 Å². The SMILES string of the molecule is COc1ccc(NC(C)=O)cc1NC(=O)c1cc2c(C)cc(C)cc2[nH]1. The Morgan fingerprint density at radius 1 is 1.04 bits per heavy atom. The Hall–Kier alpha value is -3.28. The maximum atomic E-state index is 12.7. The molecule has 0 unspecified atom stereocenters. The number of amides is 2. The molecule has 3 N–H and O–H groups in total. The van der Waals surface area contributed by atoms with E-state index in [-0.39, 0.29) is 11.8 Å². The Morgan fingerprint density at radius 2 is 1.81 bits per heavy atom. The van der Waals surface area contributed by atoms with Gasteiger partial charge in [0, 0.05) is 23.5 Å². The summed E-state index contributed by atoms with van der Waals surface area (Å²) in [6.45, 7) is 5.47. The number of methoxy groups -OCH3 is 1. The number of carbonyl (C=O) groups is 2. The number of aromatic amines is 1. The minimum atomic E-state index is -0.281. The van der Waals surface area contributed by atoms with Crippen LogP contribution in [0.1, 0.15) is 28.5 Å². The van der Waals surface area contributed by atoms with Gasteiger partial charge < -0.3 is 20.4 Å². The summed E-state index contributed by atoms with van der Waals surface area (Å²) in [7, 11) is 1.53. The summed E-state index contributed by atoms with van der Waals surface area (Å²) in [5, 5.41) is 6.54. The Bertz CT molecular complexity index is 1000. The van der Waals surface area contributed by atoms with E-state index < -0.39 is 0 Å². The first-order valence-electron chi connectivity index (χ1n) is 8.24. The second-order valence-electron chi connectivity index (χ2n) is 6.28. The van der Waals surface area contributed by atoms with Crippen LogP contribution in [-0.2, 0) is 4.79 Å². The highest BCUT2D eigenvalue weighted by molar-refractivity contribution is 6.07. The van der Waals surface area contributed by atoms with Gasteiger partial charge >= 0.3 is 0 Å². The number of carbonyl (C=O) groups excluding carboxylic acids is 2. The van der Waals surface area contributed by atoms with Crippen LogP contribution in [0.4, 0.5) is 11.4 Å². The fraction of sp³-hybridized carbons (Fsp3) is 0.200. The lowest BCUT2D eigenvalue weighted by atomic mass is 10.1. The molecule has 0 spiro atoms. The summed E-state index contributed by atoms with van der Waals surface area (Å²) in [4.78, 5) is 27.1. The number of anilines is 2. The van der Waals surface area contributed by atoms with Gasteiger partial charge in [0.05, 0.1) is 12.8 Å². The number of hydrogen-bond acceptors (Lipinski definition) is 3. The van der Waals surface area contributed by atoms with Gasteiger partial charge in [-0.25, -0.2) is 0 Å². The lowest BCUT2D eigenvalue weighted by Gasteiger charge is -2.12. The third kappa shape index (κ3) is 3.54. The Morgan fingerprint density at radius 3 is 2.50 bits per heavy atom. The van der Waals surface area contributed by atoms with Crippen molar-refractivity contribution >= 4 is 34.1 Å². The van der Waals surface area contributed by atoms with Crippen molar-refractivity contribution in [3.8, 4) is 5.75 Å². The largest absolute Gasteiger partial charge is 0.495 e. The lowest BCUT2D eigenvalue weighted by molar-refractivity contribution is -0.114. The number of nitrogens with one attached hydrogen (secondary N) is 3. The van der Waals surface area contributed by atoms with Crippen molar-refractivity contribution in [2.75, 3.05) is 17.7 Å². The van der Waals surface area contributed by atoms with Gasteiger partial charge in [0.1, 0.15) is 11.4 Å². The molecule has 0 aliphatic rings. The summed E-state index contributed by atoms with van der Waals surface area (Å²) >= 11 is 0. The lowest BCUT2D eigenvalue weighted by Crippen LogP contribution is -2.14. The van der Waals surface area contributed by atoms with E-state index in [1.807, 2.05) is 26.0 Å². The van der Waals surface area contributed by atoms with Crippen molar-refractivity contribution in [2.45, 2.75) is 20.8 Å². The smallest absolute Gasteiger partial charge is 0.272 e. The van der Waals surface area contributed by atoms with E-state index in [9.17, 15) is 9.59 Å². The van der Waals surface area contributed by atoms with Gasteiger partial charge in [-0.05, 0) is 55.3 Å². The summed E-state index contributed by atoms with van der Waals surface area (Å²) < 4.78 is 5.30. The molecule has 6 heteroatoms. The van der Waals surface area contributed by atoms with Crippen molar-refractivity contribution in [1.82, 2.24) is 4.98 Å². The molecule has 2 aromatic carbocycles. The van der Waals surface area contributed by atoms with Crippen molar-refractivity contribution in [3.63, 3.8) is 0 Å². The molecule has 3 aromatic rings. The average molecular weight is 351 g/mol. The minimum Gasteiger partial charge on any atom is -0.495 e. The van der Waals surface area contributed by atoms with Gasteiger partial charge in [-0.2, -0.15) is 0 Å². The minimum absolute atomic E-state index is 0.186. The molecular weight excluding hydrogens is 330 g/mol. The summed E-state index contributed by atoms with van der Waals surface area (Å²) in [5.74, 6) is 0.0426. The first-order chi connectivity index (χ1) is 12.4. The Kier molecular flexibility index (Phi) is 4.67. The monoisotopic (exact) mass is 351 g/mol. The molecule has 1 heterocycles. The van der Waals surface area contributed by atoms with Gasteiger partial charge in [0.25, 0.3) is 5.91 Å². The molecule has 1 aromatic heterocycles. The van der Waals surface area contributed by atoms with E-state index in [2.05, 4.69) is 21.7 Å². The van der Waals surface area contributed by atoms with E-state index in [1.165, 1.54) is 14.0 Å². The third-order valence-electron chi connectivity index (χ3n) is 4.10. The molecule has 0 atom stereocenters. The van der Waals surface area contributed by atoms with Crippen molar-refractivity contribution in [1.29, 1.82) is 0 Å². The molecule has 0 saturated heterocycles. The molecule has 0 bridgehead atoms. The van der Waals surface area contributed by atoms with Crippen LogP contribution in [0.5, 0.6) is 5.75 Å². The fourth-order valence-electron chi connectivity index (χ4n) is 3.00. The van der Waals surface area contributed by atoms with Crippen molar-refractivity contribution < 1.29 is 14.3 Å². The first-order valence-corrected chi connectivity index (χ1v) is 8.24. The maximum absolute atomic E-state index is 12.7. The quantitative estimate of drug-likeness (QED) is 0.664. The average Bonchev–Trinajstić information content (AvgIpc) is 2.99. The molecule has 2 amide bonds. The second-order valence-corrected chi connectivity index (χ2v) is 6.28. The van der Waals surface area contributed by atoms with Crippen LogP contribution in [0.15, 0.2) is 36.4 Å². The summed E-state index contributed by atoms with van der Waals surface area (Å²) in [6, 6.07) is 11.0. The van der Waals surface area contributed by atoms with Crippen LogP contribution in [0.3, 0.4) is 0 Å². The zero-order chi connectivity index (χ0) is 18.8. The number of rotatable bonds is 4. The second kappa shape index (κ2) is 6.92. The molecule has 0 saturated carbocycles. The van der Waals surface area contributed by atoms with Gasteiger partial charge in [-0.3, -0.25) is 9.59 Å². The number of aromatic nitrogens is 1. The highest BCUT2D eigenvalue weighted by Crippen LogP contribution is 2.29. The van der Waals surface area contributed by atoms with Crippen LogP contribution >= 0.6 is 0 Å². The van der Waals surface area contributed by atoms with Gasteiger partial charge in [0.15, 0.2) is 0 Å². The van der Waals surface area contributed by atoms with E-state index in [0.29, 0.717) is 22.8 Å². The molecule has 0 aliphatic heterocycles. The van der Waals surface area contributed by atoms with Crippen molar-refractivity contribution in [2.24, 2.45) is 0 Å². The Labute approximate surface area is 151 Å². The highest BCUT2D eigenvalue weighted by Gasteiger charge is 2.14. The number of H-pyrrole nitrogens is 1. The zero-order valence-corrected chi connectivity index (χ0v) is 15.2. The molecule has 0 radical (unpaired) electrons. The third-order valence-corrected chi connectivity index (χ3v) is 4.10. The van der Waals surface area contributed by atoms with E-state index in [4.69, 9.17) is 4.74 Å². The predicted molar refractivity (Wildman–Crippen MR) is 103 cm³/mol. The standard InChI is InChI=1S/C20H21N3O3/c1-11-7-12(2)15-10-18(22-16(15)8-11)20(25)23-17-9-14(21-13(3)24)5-6-19(17)26-4/h5-10,22H,1-4H3,(H,21,24)(H,23,25). The number of ether oxygens (including phenoxy) is 1. The maximum Gasteiger partial charge on any atom is 0.272 e. The number of benzene rings is 2. The van der Waals surface area contributed by atoms with Crippen molar-refractivity contribution in [3.05, 3.63) is 53.2 Å². The molecular formula is C20H21N3O3. The van der Waals surface area contributed by atoms with Crippen LogP contribution in [-0.4, -0.2) is 23.9 Å². The van der Waals surface area contributed by atoms with Crippen LogP contribution < -0.4 is 15.4 Å².